The van der Waals surface area contributed by atoms with Crippen molar-refractivity contribution in [3.05, 3.63) is 168 Å². The number of methoxy groups -OCH3 is 4. The zero-order valence-electron chi connectivity index (χ0n) is 67.4. The van der Waals surface area contributed by atoms with Crippen molar-refractivity contribution < 1.29 is 101 Å². The van der Waals surface area contributed by atoms with Gasteiger partial charge in [0, 0.05) is 25.8 Å². The minimum Gasteiger partial charge on any atom is -0.497 e. The van der Waals surface area contributed by atoms with Crippen LogP contribution in [0.25, 0.3) is 43.1 Å². The molecule has 0 aliphatic rings. The number of nitrogens with one attached hydrogen (secondary N) is 4. The van der Waals surface area contributed by atoms with Crippen molar-refractivity contribution in [2.24, 2.45) is 5.73 Å². The molecular formula is C86H112ClN5O21. The average Bonchev–Trinajstić information content (AvgIpc) is 0.837. The molecule has 0 spiro atoms. The van der Waals surface area contributed by atoms with Crippen LogP contribution in [-0.4, -0.2) is 168 Å². The average molecular weight is 1590 g/mol. The molecule has 4 amide bonds. The molecule has 0 aliphatic heterocycles. The van der Waals surface area contributed by atoms with E-state index in [9.17, 15) is 47.9 Å². The molecular weight excluding hydrogens is 1470 g/mol. The van der Waals surface area contributed by atoms with Gasteiger partial charge in [-0.1, -0.05) is 104 Å². The van der Waals surface area contributed by atoms with Gasteiger partial charge in [-0.15, -0.1) is 12.4 Å². The number of fused-ring (bicyclic) bond motifs is 4. The van der Waals surface area contributed by atoms with Gasteiger partial charge in [-0.3, -0.25) is 47.9 Å². The highest BCUT2D eigenvalue weighted by Crippen LogP contribution is 2.30. The number of esters is 5. The molecule has 0 aromatic heterocycles. The number of nitrogens with two attached hydrogens (primary N) is 1. The van der Waals surface area contributed by atoms with Crippen LogP contribution in [0.1, 0.15) is 161 Å². The van der Waals surface area contributed by atoms with Crippen molar-refractivity contribution in [2.45, 2.75) is 150 Å². The van der Waals surface area contributed by atoms with E-state index in [1.165, 1.54) is 0 Å². The summed E-state index contributed by atoms with van der Waals surface area (Å²) < 4.78 is 46.7. The lowest BCUT2D eigenvalue weighted by Crippen LogP contribution is -2.33. The zero-order valence-corrected chi connectivity index (χ0v) is 68.2. The van der Waals surface area contributed by atoms with Crippen LogP contribution in [0, 0.1) is 0 Å². The maximum atomic E-state index is 12.4. The Kier molecular flexibility index (Phi) is 41.9. The molecule has 26 nitrogen and oxygen atoms in total. The summed E-state index contributed by atoms with van der Waals surface area (Å²) in [5.74, 6) is -1.93. The molecule has 0 aliphatic carbocycles. The Morgan fingerprint density at radius 3 is 0.885 bits per heavy atom. The molecule has 0 saturated carbocycles. The second-order valence-electron chi connectivity index (χ2n) is 27.9. The highest BCUT2D eigenvalue weighted by atomic mass is 35.5. The maximum absolute atomic E-state index is 12.4. The molecule has 0 fully saturated rings. The summed E-state index contributed by atoms with van der Waals surface area (Å²) in [6, 6.07) is 46.3. The second kappa shape index (κ2) is 49.3. The number of ether oxygens (including phenoxy) is 9. The monoisotopic (exact) mass is 1590 g/mol. The van der Waals surface area contributed by atoms with Crippen LogP contribution in [0.3, 0.4) is 0 Å². The van der Waals surface area contributed by atoms with E-state index in [2.05, 4.69) is 21.3 Å². The second-order valence-corrected chi connectivity index (χ2v) is 27.9. The Bertz CT molecular complexity index is 4440. The largest absolute Gasteiger partial charge is 0.497 e. The van der Waals surface area contributed by atoms with Gasteiger partial charge in [0.25, 0.3) is 0 Å². The van der Waals surface area contributed by atoms with Crippen molar-refractivity contribution in [3.8, 4) is 23.0 Å². The number of carboxylic acid groups (broad SMARTS) is 1. The smallest absolute Gasteiger partial charge is 0.313 e. The summed E-state index contributed by atoms with van der Waals surface area (Å²) in [6.07, 6.45) is 1.49. The number of carbonyl (C=O) groups excluding carboxylic acids is 9. The number of aliphatic hydroxyl groups excluding tert-OH is 1. The molecule has 8 aromatic rings. The number of rotatable bonds is 32. The van der Waals surface area contributed by atoms with Crippen molar-refractivity contribution >= 4 is 115 Å². The fraction of sp³-hybridized carbons (Fsp3) is 0.419. The highest BCUT2D eigenvalue weighted by Gasteiger charge is 2.23. The number of halogens is 1. The molecule has 27 heteroatoms. The molecule has 8 N–H and O–H groups in total. The fourth-order valence-electron chi connectivity index (χ4n) is 10.5. The van der Waals surface area contributed by atoms with Gasteiger partial charge >= 0.3 is 35.8 Å². The molecule has 113 heavy (non-hydrogen) atoms. The number of hydrogen-bond acceptors (Lipinski definition) is 21. The lowest BCUT2D eigenvalue weighted by Gasteiger charge is -2.19. The molecule has 0 unspecified atom stereocenters. The Hall–Kier alpha value is -11.1. The first-order valence-corrected chi connectivity index (χ1v) is 37.0. The third kappa shape index (κ3) is 35.4. The minimum atomic E-state index is -0.808. The summed E-state index contributed by atoms with van der Waals surface area (Å²) >= 11 is 0. The summed E-state index contributed by atoms with van der Waals surface area (Å²) in [6.45, 7) is 20.9. The number of amides is 4. The summed E-state index contributed by atoms with van der Waals surface area (Å²) in [5, 5.41) is 36.1. The van der Waals surface area contributed by atoms with E-state index in [4.69, 9.17) is 58.6 Å². The highest BCUT2D eigenvalue weighted by molar-refractivity contribution is 5.91. The van der Waals surface area contributed by atoms with Crippen LogP contribution in [0.2, 0.25) is 0 Å². The summed E-state index contributed by atoms with van der Waals surface area (Å²) in [5.41, 5.74) is 7.53. The normalized spacial score (nSPS) is 11.8. The zero-order chi connectivity index (χ0) is 83.1. The van der Waals surface area contributed by atoms with Gasteiger partial charge < -0.3 is 79.8 Å². The number of carbonyl (C=O) groups is 10. The van der Waals surface area contributed by atoms with E-state index in [1.807, 2.05) is 159 Å². The van der Waals surface area contributed by atoms with Crippen molar-refractivity contribution in [3.63, 3.8) is 0 Å². The number of benzene rings is 8. The molecule has 8 aromatic carbocycles. The van der Waals surface area contributed by atoms with Crippen LogP contribution in [0.15, 0.2) is 146 Å². The Morgan fingerprint density at radius 2 is 0.628 bits per heavy atom. The molecule has 8 rings (SSSR count). The predicted molar refractivity (Wildman–Crippen MR) is 437 cm³/mol. The van der Waals surface area contributed by atoms with Gasteiger partial charge in [-0.2, -0.15) is 0 Å². The van der Waals surface area contributed by atoms with Crippen molar-refractivity contribution in [1.82, 2.24) is 21.3 Å². The first kappa shape index (κ1) is 96.1. The molecule has 0 bridgehead atoms. The quantitative estimate of drug-likeness (QED) is 0.0117. The van der Waals surface area contributed by atoms with Gasteiger partial charge in [0.15, 0.2) is 0 Å². The molecule has 0 radical (unpaired) electrons. The number of carboxylic acids is 1. The van der Waals surface area contributed by atoms with E-state index >= 15 is 0 Å². The lowest BCUT2D eigenvalue weighted by atomic mass is 9.98. The predicted octanol–water partition coefficient (Wildman–Crippen LogP) is 12.4. The Morgan fingerprint density at radius 1 is 0.372 bits per heavy atom. The van der Waals surface area contributed by atoms with E-state index in [-0.39, 0.29) is 150 Å². The van der Waals surface area contributed by atoms with Crippen LogP contribution < -0.4 is 45.9 Å². The van der Waals surface area contributed by atoms with Gasteiger partial charge in [0.05, 0.1) is 97.7 Å². The Labute approximate surface area is 667 Å². The fourth-order valence-corrected chi connectivity index (χ4v) is 10.5. The van der Waals surface area contributed by atoms with Gasteiger partial charge in [0.1, 0.15) is 54.0 Å². The van der Waals surface area contributed by atoms with Crippen LogP contribution in [-0.2, 0) is 71.6 Å². The standard InChI is InChI=1S/C24H31NO6.C20H25NO4.C18H22N2O4.C14H14O3.C10H19NO4.ClH/c1-16(17-6-7-19-15-20(29-5)9-8-18(19)14-17)23(28)30-13-12-25-21(26)10-11-22(27)31-24(2,3)4;1-4-5-19(22)21-10-11-25-20(23)14(2)15-6-7-17-13-18(24-3)9-8-16(17)12-15;1-12(18(22)24-8-7-20-17(21)11-19)13-3-4-15-10-16(23-2)6-5-14(15)9-13;1-9(14(15)16)10-3-4-12-8-13(17-2)6-5-11(12)7-10;1-10(2,3)15-9(14)5-4-8(13)11-6-7-12;/h6-9,14-16H,10-13H2,1-5H3,(H,25,26);6-9,12-14H,4-5,10-11H2,1-3H3,(H,21,22);3-6,9-10,12H,7-8,11,19H2,1-2H3,(H,20,21);3-9H,1-2H3,(H,15,16);12H,4-7H2,1-3H3,(H,11,13);1H/t16-;14-;12-;9-;;/m0000../s1. The summed E-state index contributed by atoms with van der Waals surface area (Å²) in [7, 11) is 6.51. The van der Waals surface area contributed by atoms with Crippen molar-refractivity contribution in [1.29, 1.82) is 0 Å². The minimum absolute atomic E-state index is 0. The van der Waals surface area contributed by atoms with Crippen LogP contribution in [0.5, 0.6) is 23.0 Å². The number of aliphatic hydroxyl groups is 1. The van der Waals surface area contributed by atoms with E-state index in [1.54, 1.807) is 90.8 Å². The maximum Gasteiger partial charge on any atom is 0.313 e. The van der Waals surface area contributed by atoms with Crippen LogP contribution in [0.4, 0.5) is 0 Å². The number of aliphatic carboxylic acids is 1. The van der Waals surface area contributed by atoms with Gasteiger partial charge in [-0.05, 0) is 190 Å². The van der Waals surface area contributed by atoms with Gasteiger partial charge in [0.2, 0.25) is 23.6 Å². The van der Waals surface area contributed by atoms with Gasteiger partial charge in [-0.25, -0.2) is 0 Å². The third-order valence-corrected chi connectivity index (χ3v) is 16.8. The SMILES string of the molecule is CC(C)(C)OC(=O)CCC(=O)NCCO.CCCC(=O)NCCOC(=O)[C@@H](C)c1ccc2cc(OC)ccc2c1.COc1ccc2cc([C@H](C)C(=O)O)ccc2c1.COc1ccc2cc([C@H](C)C(=O)OCCNC(=O)CCC(=O)OC(C)(C)C)ccc2c1.COc1ccc2cc([C@H](C)C(=O)OCCNC(=O)CN)ccc2c1.Cl. The van der Waals surface area contributed by atoms with E-state index in [0.29, 0.717) is 13.0 Å². The summed E-state index contributed by atoms with van der Waals surface area (Å²) in [4.78, 5) is 116. The molecule has 0 saturated heterocycles. The molecule has 614 valence electrons. The lowest BCUT2D eigenvalue weighted by molar-refractivity contribution is -0.156. The van der Waals surface area contributed by atoms with Crippen LogP contribution >= 0.6 is 12.4 Å². The Balaban J connectivity index is 0.000000373. The van der Waals surface area contributed by atoms with E-state index in [0.717, 1.165) is 94.8 Å². The van der Waals surface area contributed by atoms with E-state index < -0.39 is 35.0 Å². The number of hydrogen-bond donors (Lipinski definition) is 7. The van der Waals surface area contributed by atoms with Crippen molar-refractivity contribution in [2.75, 3.05) is 87.6 Å². The topological polar surface area (TPSA) is 368 Å². The first-order valence-electron chi connectivity index (χ1n) is 37.0. The first-order chi connectivity index (χ1) is 53.1. The molecule has 0 heterocycles. The molecule has 4 atom stereocenters. The third-order valence-electron chi connectivity index (χ3n) is 16.8.